The fourth-order valence-electron chi connectivity index (χ4n) is 2.48. The van der Waals surface area contributed by atoms with Gasteiger partial charge in [-0.05, 0) is 25.0 Å². The fourth-order valence-corrected chi connectivity index (χ4v) is 3.76. The topological polar surface area (TPSA) is 89.3 Å². The van der Waals surface area contributed by atoms with Crippen molar-refractivity contribution >= 4 is 44.8 Å². The number of carbonyl (C=O) groups excluding carboxylic acids is 1. The molecule has 0 heterocycles. The van der Waals surface area contributed by atoms with Gasteiger partial charge in [-0.2, -0.15) is 0 Å². The SMILES string of the molecule is CC1(C(=O)Nc2c(Cl)cc(S(N)(=O)=O)cc2Cl)CCCC1. The van der Waals surface area contributed by atoms with Crippen LogP contribution in [-0.2, 0) is 14.8 Å². The zero-order valence-corrected chi connectivity index (χ0v) is 13.8. The lowest BCUT2D eigenvalue weighted by Gasteiger charge is -2.23. The van der Waals surface area contributed by atoms with Crippen LogP contribution in [0, 0.1) is 5.41 Å². The molecule has 1 aromatic rings. The molecule has 8 heteroatoms. The lowest BCUT2D eigenvalue weighted by atomic mass is 9.88. The molecule has 0 bridgehead atoms. The lowest BCUT2D eigenvalue weighted by Crippen LogP contribution is -2.31. The van der Waals surface area contributed by atoms with Crippen molar-refractivity contribution in [1.29, 1.82) is 0 Å². The molecule has 0 radical (unpaired) electrons. The van der Waals surface area contributed by atoms with Gasteiger partial charge in [-0.25, -0.2) is 13.6 Å². The molecule has 1 fully saturated rings. The molecule has 0 aliphatic heterocycles. The fraction of sp³-hybridized carbons (Fsp3) is 0.462. The predicted molar refractivity (Wildman–Crippen MR) is 83.0 cm³/mol. The molecule has 2 rings (SSSR count). The Balaban J connectivity index is 2.31. The van der Waals surface area contributed by atoms with E-state index in [4.69, 9.17) is 28.3 Å². The first-order valence-electron chi connectivity index (χ1n) is 6.47. The summed E-state index contributed by atoms with van der Waals surface area (Å²) in [6.07, 6.45) is 3.64. The number of sulfonamides is 1. The monoisotopic (exact) mass is 350 g/mol. The third-order valence-electron chi connectivity index (χ3n) is 3.84. The van der Waals surface area contributed by atoms with Gasteiger partial charge in [-0.1, -0.05) is 43.0 Å². The first-order chi connectivity index (χ1) is 9.63. The second-order valence-electron chi connectivity index (χ2n) is 5.53. The molecule has 5 nitrogen and oxygen atoms in total. The molecular weight excluding hydrogens is 335 g/mol. The summed E-state index contributed by atoms with van der Waals surface area (Å²) in [5.74, 6) is -0.160. The molecule has 1 aromatic carbocycles. The first-order valence-corrected chi connectivity index (χ1v) is 8.77. The molecule has 1 aliphatic rings. The Morgan fingerprint density at radius 2 is 1.71 bits per heavy atom. The van der Waals surface area contributed by atoms with E-state index in [1.807, 2.05) is 6.92 Å². The maximum atomic E-state index is 12.4. The third kappa shape index (κ3) is 3.51. The molecule has 0 atom stereocenters. The Morgan fingerprint density at radius 3 is 2.14 bits per heavy atom. The number of hydrogen-bond donors (Lipinski definition) is 2. The minimum absolute atomic E-state index is 0.0430. The maximum absolute atomic E-state index is 12.4. The number of carbonyl (C=O) groups is 1. The van der Waals surface area contributed by atoms with Crippen molar-refractivity contribution in [1.82, 2.24) is 0 Å². The van der Waals surface area contributed by atoms with Crippen molar-refractivity contribution in [2.24, 2.45) is 10.6 Å². The highest BCUT2D eigenvalue weighted by Gasteiger charge is 2.36. The van der Waals surface area contributed by atoms with Gasteiger partial charge in [0.1, 0.15) is 0 Å². The van der Waals surface area contributed by atoms with E-state index in [0.717, 1.165) is 25.7 Å². The third-order valence-corrected chi connectivity index (χ3v) is 5.33. The number of nitrogens with two attached hydrogens (primary N) is 1. The van der Waals surface area contributed by atoms with Crippen LogP contribution < -0.4 is 10.5 Å². The van der Waals surface area contributed by atoms with E-state index in [9.17, 15) is 13.2 Å². The van der Waals surface area contributed by atoms with E-state index in [2.05, 4.69) is 5.32 Å². The van der Waals surface area contributed by atoms with Crippen molar-refractivity contribution in [2.45, 2.75) is 37.5 Å². The van der Waals surface area contributed by atoms with Gasteiger partial charge in [-0.15, -0.1) is 0 Å². The van der Waals surface area contributed by atoms with Gasteiger partial charge in [0.2, 0.25) is 15.9 Å². The average molecular weight is 351 g/mol. The molecule has 1 amide bonds. The van der Waals surface area contributed by atoms with Gasteiger partial charge in [-0.3, -0.25) is 4.79 Å². The molecule has 21 heavy (non-hydrogen) atoms. The summed E-state index contributed by atoms with van der Waals surface area (Å²) in [7, 11) is -3.90. The number of benzene rings is 1. The summed E-state index contributed by atoms with van der Waals surface area (Å²) < 4.78 is 22.6. The zero-order chi connectivity index (χ0) is 15.8. The average Bonchev–Trinajstić information content (AvgIpc) is 2.80. The van der Waals surface area contributed by atoms with Crippen LogP contribution in [0.2, 0.25) is 10.0 Å². The van der Waals surface area contributed by atoms with E-state index in [-0.39, 0.29) is 26.5 Å². The Bertz CT molecular complexity index is 660. The normalized spacial score (nSPS) is 17.7. The minimum atomic E-state index is -3.90. The van der Waals surface area contributed by atoms with Crippen LogP contribution in [0.5, 0.6) is 0 Å². The molecule has 0 saturated heterocycles. The Morgan fingerprint density at radius 1 is 1.24 bits per heavy atom. The summed E-state index contributed by atoms with van der Waals surface area (Å²) in [5, 5.41) is 7.82. The summed E-state index contributed by atoms with van der Waals surface area (Å²) in [5.41, 5.74) is -0.227. The maximum Gasteiger partial charge on any atom is 0.238 e. The van der Waals surface area contributed by atoms with Gasteiger partial charge >= 0.3 is 0 Å². The second kappa shape index (κ2) is 5.76. The lowest BCUT2D eigenvalue weighted by molar-refractivity contribution is -0.124. The summed E-state index contributed by atoms with van der Waals surface area (Å²) in [6, 6.07) is 2.35. The van der Waals surface area contributed by atoms with Crippen LogP contribution in [0.25, 0.3) is 0 Å². The molecule has 116 valence electrons. The number of rotatable bonds is 3. The highest BCUT2D eigenvalue weighted by Crippen LogP contribution is 2.40. The van der Waals surface area contributed by atoms with Crippen LogP contribution in [0.3, 0.4) is 0 Å². The number of primary sulfonamides is 1. The summed E-state index contributed by atoms with van der Waals surface area (Å²) >= 11 is 12.0. The van der Waals surface area contributed by atoms with Crippen LogP contribution in [0.4, 0.5) is 5.69 Å². The van der Waals surface area contributed by atoms with Gasteiger partial charge in [0.25, 0.3) is 0 Å². The summed E-state index contributed by atoms with van der Waals surface area (Å²) in [6.45, 7) is 1.90. The quantitative estimate of drug-likeness (QED) is 0.877. The van der Waals surface area contributed by atoms with Crippen molar-refractivity contribution in [3.8, 4) is 0 Å². The van der Waals surface area contributed by atoms with Crippen LogP contribution >= 0.6 is 23.2 Å². The molecule has 1 saturated carbocycles. The minimum Gasteiger partial charge on any atom is -0.323 e. The van der Waals surface area contributed by atoms with Gasteiger partial charge in [0, 0.05) is 5.41 Å². The molecular formula is C13H16Cl2N2O3S. The highest BCUT2D eigenvalue weighted by atomic mass is 35.5. The number of amides is 1. The number of nitrogens with one attached hydrogen (secondary N) is 1. The van der Waals surface area contributed by atoms with Crippen molar-refractivity contribution in [2.75, 3.05) is 5.32 Å². The molecule has 0 aromatic heterocycles. The molecule has 3 N–H and O–H groups in total. The van der Waals surface area contributed by atoms with Gasteiger partial charge in [0.15, 0.2) is 0 Å². The number of halogens is 2. The van der Waals surface area contributed by atoms with Gasteiger partial charge < -0.3 is 5.32 Å². The predicted octanol–water partition coefficient (Wildman–Crippen LogP) is 3.16. The largest absolute Gasteiger partial charge is 0.323 e. The molecule has 0 unspecified atom stereocenters. The molecule has 0 spiro atoms. The number of anilines is 1. The van der Waals surface area contributed by atoms with Crippen molar-refractivity contribution in [3.05, 3.63) is 22.2 Å². The van der Waals surface area contributed by atoms with Crippen LogP contribution in [0.1, 0.15) is 32.6 Å². The highest BCUT2D eigenvalue weighted by molar-refractivity contribution is 7.89. The number of hydrogen-bond acceptors (Lipinski definition) is 3. The van der Waals surface area contributed by atoms with E-state index in [1.165, 1.54) is 12.1 Å². The van der Waals surface area contributed by atoms with E-state index in [1.54, 1.807) is 0 Å². The van der Waals surface area contributed by atoms with E-state index < -0.39 is 15.4 Å². The summed E-state index contributed by atoms with van der Waals surface area (Å²) in [4.78, 5) is 12.2. The Kier molecular flexibility index (Phi) is 4.54. The van der Waals surface area contributed by atoms with E-state index in [0.29, 0.717) is 0 Å². The van der Waals surface area contributed by atoms with Gasteiger partial charge in [0.05, 0.1) is 20.6 Å². The van der Waals surface area contributed by atoms with Crippen LogP contribution in [-0.4, -0.2) is 14.3 Å². The smallest absolute Gasteiger partial charge is 0.238 e. The van der Waals surface area contributed by atoms with Crippen LogP contribution in [0.15, 0.2) is 17.0 Å². The first kappa shape index (κ1) is 16.5. The molecule has 1 aliphatic carbocycles. The Labute approximate surface area is 133 Å². The Hall–Kier alpha value is -0.820. The van der Waals surface area contributed by atoms with Crippen molar-refractivity contribution < 1.29 is 13.2 Å². The second-order valence-corrected chi connectivity index (χ2v) is 7.90. The van der Waals surface area contributed by atoms with Crippen molar-refractivity contribution in [3.63, 3.8) is 0 Å². The zero-order valence-electron chi connectivity index (χ0n) is 11.4. The standard InChI is InChI=1S/C13H16Cl2N2O3S/c1-13(4-2-3-5-13)12(18)17-11-9(14)6-8(7-10(11)15)21(16,19)20/h6-7H,2-5H2,1H3,(H,17,18)(H2,16,19,20). The van der Waals surface area contributed by atoms with E-state index >= 15 is 0 Å².